The Morgan fingerprint density at radius 3 is 2.47 bits per heavy atom. The lowest BCUT2D eigenvalue weighted by atomic mass is 9.94. The Hall–Kier alpha value is -2.15. The number of hydrogen-bond donors (Lipinski definition) is 1. The molecule has 0 radical (unpaired) electrons. The summed E-state index contributed by atoms with van der Waals surface area (Å²) in [7, 11) is 0. The number of anilines is 1. The first-order valence-electron chi connectivity index (χ1n) is 12.3. The van der Waals surface area contributed by atoms with Crippen LogP contribution < -0.4 is 10.2 Å². The predicted octanol–water partition coefficient (Wildman–Crippen LogP) is 2.63. The van der Waals surface area contributed by atoms with Crippen molar-refractivity contribution in [2.45, 2.75) is 53.0 Å². The summed E-state index contributed by atoms with van der Waals surface area (Å²) in [6.45, 7) is 14.7. The molecule has 32 heavy (non-hydrogen) atoms. The average Bonchev–Trinajstić information content (AvgIpc) is 2.78. The van der Waals surface area contributed by atoms with Crippen molar-refractivity contribution >= 4 is 17.6 Å². The summed E-state index contributed by atoms with van der Waals surface area (Å²) in [5, 5.41) is 3.01. The van der Waals surface area contributed by atoms with Crippen molar-refractivity contribution in [1.82, 2.24) is 20.1 Å². The highest BCUT2D eigenvalue weighted by Gasteiger charge is 2.32. The molecule has 1 aromatic heterocycles. The van der Waals surface area contributed by atoms with Crippen molar-refractivity contribution in [1.29, 1.82) is 0 Å². The molecular formula is C25H41N5O2. The number of likely N-dealkylation sites (tertiary alicyclic amines) is 1. The summed E-state index contributed by atoms with van der Waals surface area (Å²) in [6.07, 6.45) is 4.51. The van der Waals surface area contributed by atoms with Crippen molar-refractivity contribution in [2.75, 3.05) is 50.7 Å². The van der Waals surface area contributed by atoms with E-state index in [2.05, 4.69) is 26.2 Å². The number of rotatable bonds is 8. The van der Waals surface area contributed by atoms with Gasteiger partial charge in [-0.15, -0.1) is 0 Å². The number of hydrogen-bond acceptors (Lipinski definition) is 5. The monoisotopic (exact) mass is 443 g/mol. The summed E-state index contributed by atoms with van der Waals surface area (Å²) in [6, 6.07) is 5.64. The summed E-state index contributed by atoms with van der Waals surface area (Å²) in [5.74, 6) is 1.98. The highest BCUT2D eigenvalue weighted by molar-refractivity contribution is 5.88. The van der Waals surface area contributed by atoms with Gasteiger partial charge in [-0.3, -0.25) is 14.5 Å². The summed E-state index contributed by atoms with van der Waals surface area (Å²) in [5.41, 5.74) is 0. The molecular weight excluding hydrogens is 402 g/mol. The highest BCUT2D eigenvalue weighted by atomic mass is 16.2. The predicted molar refractivity (Wildman–Crippen MR) is 128 cm³/mol. The lowest BCUT2D eigenvalue weighted by Gasteiger charge is -2.40. The molecule has 2 amide bonds. The van der Waals surface area contributed by atoms with Crippen LogP contribution in [-0.2, 0) is 9.59 Å². The van der Waals surface area contributed by atoms with Gasteiger partial charge in [0.25, 0.3) is 0 Å². The number of carbonyl (C=O) groups excluding carboxylic acids is 2. The van der Waals surface area contributed by atoms with Gasteiger partial charge in [0.2, 0.25) is 11.8 Å². The Morgan fingerprint density at radius 2 is 1.84 bits per heavy atom. The van der Waals surface area contributed by atoms with E-state index in [1.54, 1.807) is 0 Å². The summed E-state index contributed by atoms with van der Waals surface area (Å²) in [4.78, 5) is 36.9. The van der Waals surface area contributed by atoms with Crippen LogP contribution in [0, 0.1) is 17.8 Å². The van der Waals surface area contributed by atoms with Crippen molar-refractivity contribution in [2.24, 2.45) is 17.8 Å². The zero-order valence-corrected chi connectivity index (χ0v) is 20.3. The number of nitrogens with one attached hydrogen (secondary N) is 1. The number of piperazine rings is 1. The molecule has 0 bridgehead atoms. The molecule has 3 rings (SSSR count). The average molecular weight is 444 g/mol. The first-order valence-corrected chi connectivity index (χ1v) is 12.3. The van der Waals surface area contributed by atoms with Crippen molar-refractivity contribution < 1.29 is 9.59 Å². The maximum absolute atomic E-state index is 13.3. The Bertz CT molecular complexity index is 731. The maximum atomic E-state index is 13.3. The number of pyridine rings is 1. The third-order valence-electron chi connectivity index (χ3n) is 6.54. The van der Waals surface area contributed by atoms with Gasteiger partial charge in [-0.25, -0.2) is 4.98 Å². The third kappa shape index (κ3) is 6.92. The fourth-order valence-electron chi connectivity index (χ4n) is 4.79. The lowest BCUT2D eigenvalue weighted by molar-refractivity contribution is -0.139. The Morgan fingerprint density at radius 1 is 1.09 bits per heavy atom. The van der Waals surface area contributed by atoms with Gasteiger partial charge < -0.3 is 15.1 Å². The second-order valence-corrected chi connectivity index (χ2v) is 10.2. The maximum Gasteiger partial charge on any atom is 0.245 e. The second-order valence-electron chi connectivity index (χ2n) is 10.2. The van der Waals surface area contributed by atoms with Crippen LogP contribution >= 0.6 is 0 Å². The van der Waals surface area contributed by atoms with Crippen LogP contribution in [0.4, 0.5) is 5.82 Å². The van der Waals surface area contributed by atoms with Gasteiger partial charge in [0.1, 0.15) is 11.9 Å². The SMILES string of the molecule is CC(C)CC(=O)NC(C(=O)N1CCCC(CN2CCN(c3ccccn3)CC2)C1)C(C)C. The molecule has 0 spiro atoms. The van der Waals surface area contributed by atoms with Crippen molar-refractivity contribution in [3.8, 4) is 0 Å². The quantitative estimate of drug-likeness (QED) is 0.669. The number of nitrogens with zero attached hydrogens (tertiary/aromatic N) is 4. The minimum absolute atomic E-state index is 0.0219. The molecule has 2 aliphatic heterocycles. The zero-order valence-electron chi connectivity index (χ0n) is 20.3. The largest absolute Gasteiger partial charge is 0.354 e. The lowest BCUT2D eigenvalue weighted by Crippen LogP contribution is -2.55. The molecule has 2 atom stereocenters. The first-order chi connectivity index (χ1) is 15.3. The number of amides is 2. The Labute approximate surface area is 193 Å². The fraction of sp³-hybridized carbons (Fsp3) is 0.720. The van der Waals surface area contributed by atoms with E-state index in [-0.39, 0.29) is 23.7 Å². The van der Waals surface area contributed by atoms with Gasteiger partial charge in [0.05, 0.1) is 0 Å². The number of piperidine rings is 1. The molecule has 1 aromatic rings. The standard InChI is InChI=1S/C25H41N5O2/c1-19(2)16-23(31)27-24(20(3)4)25(32)30-11-7-8-21(18-30)17-28-12-14-29(15-13-28)22-9-5-6-10-26-22/h5-6,9-10,19-21,24H,7-8,11-18H2,1-4H3,(H,27,31). The van der Waals surface area contributed by atoms with Crippen LogP contribution in [0.2, 0.25) is 0 Å². The minimum Gasteiger partial charge on any atom is -0.354 e. The van der Waals surface area contributed by atoms with E-state index in [1.807, 2.05) is 50.9 Å². The third-order valence-corrected chi connectivity index (χ3v) is 6.54. The second kappa shape index (κ2) is 11.6. The fourth-order valence-corrected chi connectivity index (χ4v) is 4.79. The van der Waals surface area contributed by atoms with Gasteiger partial charge in [-0.2, -0.15) is 0 Å². The van der Waals surface area contributed by atoms with Crippen LogP contribution in [0.15, 0.2) is 24.4 Å². The molecule has 0 saturated carbocycles. The van der Waals surface area contributed by atoms with Gasteiger partial charge in [0, 0.05) is 58.4 Å². The normalized spacial score (nSPS) is 21.1. The first kappa shape index (κ1) is 24.5. The van der Waals surface area contributed by atoms with Crippen LogP contribution in [-0.4, -0.2) is 78.5 Å². The molecule has 0 aliphatic carbocycles. The molecule has 2 aliphatic rings. The summed E-state index contributed by atoms with van der Waals surface area (Å²) < 4.78 is 0. The topological polar surface area (TPSA) is 68.8 Å². The van der Waals surface area contributed by atoms with Crippen LogP contribution in [0.3, 0.4) is 0 Å². The van der Waals surface area contributed by atoms with E-state index in [0.717, 1.165) is 64.5 Å². The van der Waals surface area contributed by atoms with E-state index >= 15 is 0 Å². The van der Waals surface area contributed by atoms with Gasteiger partial charge in [0.15, 0.2) is 0 Å². The van der Waals surface area contributed by atoms with Crippen molar-refractivity contribution in [3.05, 3.63) is 24.4 Å². The molecule has 2 fully saturated rings. The molecule has 178 valence electrons. The van der Waals surface area contributed by atoms with Crippen LogP contribution in [0.25, 0.3) is 0 Å². The highest BCUT2D eigenvalue weighted by Crippen LogP contribution is 2.21. The summed E-state index contributed by atoms with van der Waals surface area (Å²) >= 11 is 0. The molecule has 0 aromatic carbocycles. The minimum atomic E-state index is -0.429. The molecule has 3 heterocycles. The Balaban J connectivity index is 1.50. The molecule has 2 unspecified atom stereocenters. The van der Waals surface area contributed by atoms with E-state index in [0.29, 0.717) is 12.3 Å². The molecule has 7 heteroatoms. The number of aromatic nitrogens is 1. The van der Waals surface area contributed by atoms with Gasteiger partial charge in [-0.1, -0.05) is 33.8 Å². The molecule has 2 saturated heterocycles. The van der Waals surface area contributed by atoms with Crippen LogP contribution in [0.1, 0.15) is 47.0 Å². The zero-order chi connectivity index (χ0) is 23.1. The van der Waals surface area contributed by atoms with E-state index in [9.17, 15) is 9.59 Å². The number of carbonyl (C=O) groups is 2. The van der Waals surface area contributed by atoms with Crippen LogP contribution in [0.5, 0.6) is 0 Å². The van der Waals surface area contributed by atoms with Gasteiger partial charge >= 0.3 is 0 Å². The molecule has 1 N–H and O–H groups in total. The van der Waals surface area contributed by atoms with E-state index in [4.69, 9.17) is 0 Å². The van der Waals surface area contributed by atoms with E-state index in [1.165, 1.54) is 0 Å². The van der Waals surface area contributed by atoms with Crippen molar-refractivity contribution in [3.63, 3.8) is 0 Å². The van der Waals surface area contributed by atoms with E-state index < -0.39 is 6.04 Å². The van der Waals surface area contributed by atoms with Gasteiger partial charge in [-0.05, 0) is 42.7 Å². The smallest absolute Gasteiger partial charge is 0.245 e. The Kier molecular flexibility index (Phi) is 8.91. The molecule has 7 nitrogen and oxygen atoms in total.